The van der Waals surface area contributed by atoms with Crippen LogP contribution in [0.1, 0.15) is 19.3 Å². The van der Waals surface area contributed by atoms with Gasteiger partial charge in [0.1, 0.15) is 0 Å². The van der Waals surface area contributed by atoms with Gasteiger partial charge < -0.3 is 24.0 Å². The summed E-state index contributed by atoms with van der Waals surface area (Å²) in [5, 5.41) is 0. The van der Waals surface area contributed by atoms with Crippen molar-refractivity contribution < 1.29 is 14.2 Å². The Morgan fingerprint density at radius 1 is 0.393 bits per heavy atom. The number of fused-ring (bicyclic) bond motifs is 6. The Kier molecular flexibility index (Phi) is 13.3. The molecule has 0 amide bonds. The lowest BCUT2D eigenvalue weighted by molar-refractivity contribution is 0.0313. The molecule has 0 spiro atoms. The molecule has 2 saturated heterocycles. The van der Waals surface area contributed by atoms with Gasteiger partial charge in [-0.25, -0.2) is 0 Å². The fraction of sp³-hybridized carbons (Fsp3) is 1.00. The van der Waals surface area contributed by atoms with Crippen molar-refractivity contribution in [3.8, 4) is 0 Å². The van der Waals surface area contributed by atoms with Gasteiger partial charge in [0.25, 0.3) is 0 Å². The highest BCUT2D eigenvalue weighted by atomic mass is 16.5. The molecule has 0 saturated carbocycles. The summed E-state index contributed by atoms with van der Waals surface area (Å²) in [6, 6.07) is 0. The van der Waals surface area contributed by atoms with Gasteiger partial charge in [0.05, 0.1) is 39.6 Å². The summed E-state index contributed by atoms with van der Waals surface area (Å²) in [5.41, 5.74) is 0. The van der Waals surface area contributed by atoms with Crippen molar-refractivity contribution in [3.05, 3.63) is 0 Å². The third kappa shape index (κ3) is 11.7. The summed E-state index contributed by atoms with van der Waals surface area (Å²) in [4.78, 5) is 9.89. The van der Waals surface area contributed by atoms with Crippen LogP contribution in [0.15, 0.2) is 0 Å². The molecule has 0 aromatic rings. The van der Waals surface area contributed by atoms with Crippen molar-refractivity contribution >= 4 is 0 Å². The van der Waals surface area contributed by atoms with Crippen LogP contribution in [0.5, 0.6) is 0 Å². The fourth-order valence-electron chi connectivity index (χ4n) is 3.66. The van der Waals surface area contributed by atoms with E-state index in [1.165, 1.54) is 32.4 Å². The number of likely N-dealkylation sites (N-methyl/N-ethyl adjacent to an activating group) is 2. The maximum Gasteiger partial charge on any atom is 0.0701 e. The molecule has 0 N–H and O–H groups in total. The summed E-state index contributed by atoms with van der Waals surface area (Å²) < 4.78 is 17.5. The van der Waals surface area contributed by atoms with E-state index in [9.17, 15) is 0 Å². The second-order valence-corrected chi connectivity index (χ2v) is 8.19. The Bertz CT molecular complexity index is 344. The lowest BCUT2D eigenvalue weighted by atomic mass is 10.2. The first kappa shape index (κ1) is 24.0. The second-order valence-electron chi connectivity index (χ2n) is 8.19. The third-order valence-corrected chi connectivity index (χ3v) is 5.75. The first-order chi connectivity index (χ1) is 13.7. The maximum atomic E-state index is 5.98. The predicted molar refractivity (Wildman–Crippen MR) is 114 cm³/mol. The smallest absolute Gasteiger partial charge is 0.0701 e. The van der Waals surface area contributed by atoms with Gasteiger partial charge in [0.15, 0.2) is 0 Å². The first-order valence-corrected chi connectivity index (χ1v) is 11.3. The van der Waals surface area contributed by atoms with Crippen LogP contribution in [-0.4, -0.2) is 139 Å². The van der Waals surface area contributed by atoms with Crippen LogP contribution in [0.2, 0.25) is 0 Å². The van der Waals surface area contributed by atoms with Crippen molar-refractivity contribution in [1.29, 1.82) is 0 Å². The minimum Gasteiger partial charge on any atom is -0.379 e. The highest BCUT2D eigenvalue weighted by Crippen LogP contribution is 2.02. The molecule has 2 heterocycles. The van der Waals surface area contributed by atoms with Crippen LogP contribution in [0.4, 0.5) is 0 Å². The van der Waals surface area contributed by atoms with Crippen LogP contribution in [0.3, 0.4) is 0 Å². The summed E-state index contributed by atoms with van der Waals surface area (Å²) in [6.07, 6.45) is 3.90. The van der Waals surface area contributed by atoms with Crippen molar-refractivity contribution in [2.24, 2.45) is 0 Å². The minimum absolute atomic E-state index is 0.687. The number of ether oxygens (including phenoxy) is 3. The number of rotatable bonds is 0. The monoisotopic (exact) mass is 400 g/mol. The van der Waals surface area contributed by atoms with Gasteiger partial charge in [0, 0.05) is 52.4 Å². The molecular weight excluding hydrogens is 356 g/mol. The van der Waals surface area contributed by atoms with E-state index in [1.54, 1.807) is 0 Å². The normalized spacial score (nSPS) is 30.6. The van der Waals surface area contributed by atoms with Gasteiger partial charge in [-0.05, 0) is 40.0 Å². The molecule has 2 unspecified atom stereocenters. The van der Waals surface area contributed by atoms with E-state index in [-0.39, 0.29) is 0 Å². The average Bonchev–Trinajstić information content (AvgIpc) is 2.69. The molecule has 0 radical (unpaired) electrons. The van der Waals surface area contributed by atoms with E-state index < -0.39 is 0 Å². The van der Waals surface area contributed by atoms with E-state index in [2.05, 4.69) is 33.7 Å². The van der Waals surface area contributed by atoms with E-state index in [4.69, 9.17) is 14.2 Å². The number of hydrogen-bond donors (Lipinski definition) is 0. The third-order valence-electron chi connectivity index (χ3n) is 5.75. The molecule has 2 aliphatic rings. The van der Waals surface area contributed by atoms with Crippen LogP contribution < -0.4 is 0 Å². The highest BCUT2D eigenvalue weighted by molar-refractivity contribution is 4.65. The molecule has 2 aliphatic heterocycles. The Balaban J connectivity index is 1.93. The molecule has 0 aromatic heterocycles. The number of nitrogens with zero attached hydrogens (tertiary/aromatic N) is 4. The van der Waals surface area contributed by atoms with Crippen LogP contribution in [0, 0.1) is 0 Å². The van der Waals surface area contributed by atoms with Crippen LogP contribution in [-0.2, 0) is 14.2 Å². The SMILES string of the molecule is CN1CCCCCN(C)CCN2CCOCCOCCN(CCOCC2)CC1. The molecule has 2 atom stereocenters. The van der Waals surface area contributed by atoms with Gasteiger partial charge in [-0.1, -0.05) is 6.42 Å². The van der Waals surface area contributed by atoms with E-state index in [1.807, 2.05) is 0 Å². The highest BCUT2D eigenvalue weighted by Gasteiger charge is 2.11. The molecular formula is C21H44N4O3. The van der Waals surface area contributed by atoms with Crippen LogP contribution >= 0.6 is 0 Å². The summed E-state index contributed by atoms with van der Waals surface area (Å²) in [5.74, 6) is 0. The number of hydrogen-bond acceptors (Lipinski definition) is 7. The molecule has 0 aliphatic carbocycles. The zero-order chi connectivity index (χ0) is 19.9. The second kappa shape index (κ2) is 15.5. The van der Waals surface area contributed by atoms with E-state index in [0.29, 0.717) is 13.2 Å². The molecule has 28 heavy (non-hydrogen) atoms. The van der Waals surface area contributed by atoms with Gasteiger partial charge in [0.2, 0.25) is 0 Å². The Morgan fingerprint density at radius 3 is 1.21 bits per heavy atom. The standard InChI is InChI=1S/C21H44N4O3/c1-22-6-4-3-5-7-23(2)9-11-25-13-17-26-16-12-24(10-8-22)14-18-27-20-21-28-19-15-25/h3-21H2,1-2H3. The van der Waals surface area contributed by atoms with Gasteiger partial charge in [-0.2, -0.15) is 0 Å². The lowest BCUT2D eigenvalue weighted by Gasteiger charge is -2.27. The molecule has 7 heteroatoms. The zero-order valence-corrected chi connectivity index (χ0v) is 18.4. The van der Waals surface area contributed by atoms with Crippen molar-refractivity contribution in [1.82, 2.24) is 19.6 Å². The van der Waals surface area contributed by atoms with E-state index >= 15 is 0 Å². The quantitative estimate of drug-likeness (QED) is 0.555. The Hall–Kier alpha value is -0.280. The molecule has 7 nitrogen and oxygen atoms in total. The average molecular weight is 401 g/mol. The van der Waals surface area contributed by atoms with Gasteiger partial charge in [-0.15, -0.1) is 0 Å². The van der Waals surface area contributed by atoms with Crippen molar-refractivity contribution in [2.75, 3.05) is 119 Å². The zero-order valence-electron chi connectivity index (χ0n) is 18.4. The largest absolute Gasteiger partial charge is 0.379 e. The lowest BCUT2D eigenvalue weighted by Crippen LogP contribution is -2.39. The summed E-state index contributed by atoms with van der Waals surface area (Å²) in [7, 11) is 4.49. The molecule has 0 aromatic carbocycles. The van der Waals surface area contributed by atoms with Gasteiger partial charge >= 0.3 is 0 Å². The maximum absolute atomic E-state index is 5.98. The molecule has 2 fully saturated rings. The first-order valence-electron chi connectivity index (χ1n) is 11.3. The molecule has 2 bridgehead atoms. The van der Waals surface area contributed by atoms with Crippen LogP contribution in [0.25, 0.3) is 0 Å². The summed E-state index contributed by atoms with van der Waals surface area (Å²) >= 11 is 0. The van der Waals surface area contributed by atoms with Gasteiger partial charge in [-0.3, -0.25) is 9.80 Å². The predicted octanol–water partition coefficient (Wildman–Crippen LogP) is 0.701. The van der Waals surface area contributed by atoms with Crippen molar-refractivity contribution in [2.45, 2.75) is 19.3 Å². The molecule has 166 valence electrons. The summed E-state index contributed by atoms with van der Waals surface area (Å²) in [6.45, 7) is 15.2. The fourth-order valence-corrected chi connectivity index (χ4v) is 3.66. The topological polar surface area (TPSA) is 40.7 Å². The van der Waals surface area contributed by atoms with E-state index in [0.717, 1.165) is 78.8 Å². The Morgan fingerprint density at radius 2 is 0.786 bits per heavy atom. The molecule has 2 rings (SSSR count). The minimum atomic E-state index is 0.687. The van der Waals surface area contributed by atoms with Crippen molar-refractivity contribution in [3.63, 3.8) is 0 Å². The Labute approximate surface area is 172 Å².